The van der Waals surface area contributed by atoms with E-state index in [9.17, 15) is 0 Å². The van der Waals surface area contributed by atoms with Crippen molar-refractivity contribution in [3.05, 3.63) is 29.8 Å². The Kier molecular flexibility index (Phi) is 7.53. The molecule has 1 rings (SSSR count). The first-order valence-corrected chi connectivity index (χ1v) is 7.10. The normalized spacial score (nSPS) is 12.7. The fourth-order valence-corrected chi connectivity index (χ4v) is 1.97. The van der Waals surface area contributed by atoms with Crippen LogP contribution < -0.4 is 10.1 Å². The van der Waals surface area contributed by atoms with Crippen molar-refractivity contribution in [3.63, 3.8) is 0 Å². The van der Waals surface area contributed by atoms with Gasteiger partial charge in [-0.2, -0.15) is 0 Å². The molecule has 1 aromatic carbocycles. The van der Waals surface area contributed by atoms with Crippen LogP contribution in [-0.4, -0.2) is 32.9 Å². The van der Waals surface area contributed by atoms with Crippen LogP contribution in [0.15, 0.2) is 24.3 Å². The molecule has 0 radical (unpaired) electrons. The summed E-state index contributed by atoms with van der Waals surface area (Å²) >= 11 is 0. The van der Waals surface area contributed by atoms with Crippen molar-refractivity contribution < 1.29 is 9.47 Å². The van der Waals surface area contributed by atoms with Crippen molar-refractivity contribution >= 4 is 0 Å². The van der Waals surface area contributed by atoms with Gasteiger partial charge in [0, 0.05) is 20.3 Å². The molecule has 3 heteroatoms. The molecule has 19 heavy (non-hydrogen) atoms. The molecule has 0 amide bonds. The Bertz CT molecular complexity index is 352. The average Bonchev–Trinajstić information content (AvgIpc) is 2.39. The molecule has 3 nitrogen and oxygen atoms in total. The van der Waals surface area contributed by atoms with Crippen molar-refractivity contribution in [2.24, 2.45) is 0 Å². The van der Waals surface area contributed by atoms with Gasteiger partial charge < -0.3 is 14.8 Å². The van der Waals surface area contributed by atoms with Gasteiger partial charge >= 0.3 is 0 Å². The molecule has 0 saturated carbocycles. The fourth-order valence-electron chi connectivity index (χ4n) is 1.97. The summed E-state index contributed by atoms with van der Waals surface area (Å²) in [7, 11) is 1.73. The number of para-hydroxylation sites is 1. The summed E-state index contributed by atoms with van der Waals surface area (Å²) in [6.45, 7) is 9.11. The van der Waals surface area contributed by atoms with E-state index in [1.165, 1.54) is 5.56 Å². The second kappa shape index (κ2) is 8.94. The Morgan fingerprint density at radius 2 is 1.89 bits per heavy atom. The van der Waals surface area contributed by atoms with E-state index in [0.29, 0.717) is 5.92 Å². The molecule has 0 heterocycles. The van der Waals surface area contributed by atoms with Crippen LogP contribution in [0.3, 0.4) is 0 Å². The lowest BCUT2D eigenvalue weighted by Crippen LogP contribution is -2.30. The molecule has 0 aliphatic carbocycles. The number of methoxy groups -OCH3 is 1. The second-order valence-electron chi connectivity index (χ2n) is 5.17. The molecule has 1 aromatic rings. The minimum Gasteiger partial charge on any atom is -0.489 e. The van der Waals surface area contributed by atoms with Gasteiger partial charge in [-0.05, 0) is 37.4 Å². The van der Waals surface area contributed by atoms with Crippen LogP contribution in [0.5, 0.6) is 5.75 Å². The van der Waals surface area contributed by atoms with E-state index in [2.05, 4.69) is 44.3 Å². The van der Waals surface area contributed by atoms with Crippen molar-refractivity contribution in [1.29, 1.82) is 0 Å². The first kappa shape index (κ1) is 16.0. The van der Waals surface area contributed by atoms with Gasteiger partial charge in [0.2, 0.25) is 0 Å². The smallest absolute Gasteiger partial charge is 0.123 e. The Hall–Kier alpha value is -1.06. The maximum absolute atomic E-state index is 6.02. The van der Waals surface area contributed by atoms with Gasteiger partial charge in [-0.3, -0.25) is 0 Å². The van der Waals surface area contributed by atoms with Crippen LogP contribution in [0.25, 0.3) is 0 Å². The monoisotopic (exact) mass is 265 g/mol. The van der Waals surface area contributed by atoms with Gasteiger partial charge in [0.25, 0.3) is 0 Å². The first-order valence-electron chi connectivity index (χ1n) is 7.10. The molecule has 0 aromatic heterocycles. The molecule has 0 spiro atoms. The number of hydrogen-bond donors (Lipinski definition) is 1. The van der Waals surface area contributed by atoms with E-state index >= 15 is 0 Å². The molecule has 1 unspecified atom stereocenters. The topological polar surface area (TPSA) is 30.5 Å². The van der Waals surface area contributed by atoms with E-state index in [1.54, 1.807) is 7.11 Å². The highest BCUT2D eigenvalue weighted by Gasteiger charge is 2.10. The van der Waals surface area contributed by atoms with Gasteiger partial charge in [-0.25, -0.2) is 0 Å². The molecule has 1 atom stereocenters. The Morgan fingerprint density at radius 1 is 1.16 bits per heavy atom. The predicted octanol–water partition coefficient (Wildman–Crippen LogP) is 3.20. The lowest BCUT2D eigenvalue weighted by Gasteiger charge is -2.19. The molecular formula is C16H27NO2. The first-order chi connectivity index (χ1) is 9.15. The number of hydrogen-bond acceptors (Lipinski definition) is 3. The van der Waals surface area contributed by atoms with Crippen LogP contribution in [0.1, 0.15) is 38.7 Å². The summed E-state index contributed by atoms with van der Waals surface area (Å²) in [5.41, 5.74) is 1.27. The third-order valence-electron chi connectivity index (χ3n) is 3.00. The van der Waals surface area contributed by atoms with Crippen LogP contribution in [0.4, 0.5) is 0 Å². The van der Waals surface area contributed by atoms with E-state index < -0.39 is 0 Å². The minimum atomic E-state index is 0.169. The summed E-state index contributed by atoms with van der Waals surface area (Å²) in [5, 5.41) is 3.38. The Balaban J connectivity index is 2.37. The van der Waals surface area contributed by atoms with Gasteiger partial charge in [0.05, 0.1) is 0 Å². The third kappa shape index (κ3) is 6.08. The molecule has 1 N–H and O–H groups in total. The highest BCUT2D eigenvalue weighted by Crippen LogP contribution is 2.26. The van der Waals surface area contributed by atoms with Gasteiger partial charge in [-0.1, -0.05) is 32.0 Å². The van der Waals surface area contributed by atoms with E-state index in [4.69, 9.17) is 9.47 Å². The van der Waals surface area contributed by atoms with Crippen molar-refractivity contribution in [1.82, 2.24) is 5.32 Å². The number of ether oxygens (including phenoxy) is 2. The summed E-state index contributed by atoms with van der Waals surface area (Å²) in [6, 6.07) is 8.28. The van der Waals surface area contributed by atoms with Crippen molar-refractivity contribution in [2.45, 2.75) is 39.2 Å². The molecule has 0 aliphatic rings. The number of benzene rings is 1. The molecular weight excluding hydrogens is 238 g/mol. The van der Waals surface area contributed by atoms with E-state index in [-0.39, 0.29) is 6.10 Å². The minimum absolute atomic E-state index is 0.169. The molecule has 0 bridgehead atoms. The highest BCUT2D eigenvalue weighted by atomic mass is 16.5. The average molecular weight is 265 g/mol. The Morgan fingerprint density at radius 3 is 2.58 bits per heavy atom. The van der Waals surface area contributed by atoms with Crippen molar-refractivity contribution in [3.8, 4) is 5.75 Å². The summed E-state index contributed by atoms with van der Waals surface area (Å²) in [6.07, 6.45) is 1.20. The maximum Gasteiger partial charge on any atom is 0.123 e. The molecule has 108 valence electrons. The summed E-state index contributed by atoms with van der Waals surface area (Å²) in [4.78, 5) is 0. The fraction of sp³-hybridized carbons (Fsp3) is 0.625. The third-order valence-corrected chi connectivity index (χ3v) is 3.00. The summed E-state index contributed by atoms with van der Waals surface area (Å²) < 4.78 is 11.0. The van der Waals surface area contributed by atoms with Crippen LogP contribution in [0, 0.1) is 0 Å². The maximum atomic E-state index is 6.02. The second-order valence-corrected chi connectivity index (χ2v) is 5.17. The number of rotatable bonds is 9. The number of nitrogens with one attached hydrogen (secondary N) is 1. The highest BCUT2D eigenvalue weighted by molar-refractivity contribution is 5.35. The quantitative estimate of drug-likeness (QED) is 0.696. The molecule has 0 saturated heterocycles. The predicted molar refractivity (Wildman–Crippen MR) is 80.0 cm³/mol. The lowest BCUT2D eigenvalue weighted by molar-refractivity contribution is 0.188. The molecule has 0 fully saturated rings. The van der Waals surface area contributed by atoms with Gasteiger partial charge in [-0.15, -0.1) is 0 Å². The zero-order chi connectivity index (χ0) is 14.1. The molecule has 0 aliphatic heterocycles. The summed E-state index contributed by atoms with van der Waals surface area (Å²) in [5.74, 6) is 1.49. The van der Waals surface area contributed by atoms with Crippen LogP contribution in [0.2, 0.25) is 0 Å². The van der Waals surface area contributed by atoms with E-state index in [0.717, 1.165) is 31.9 Å². The van der Waals surface area contributed by atoms with Gasteiger partial charge in [0.15, 0.2) is 0 Å². The lowest BCUT2D eigenvalue weighted by atomic mass is 10.0. The largest absolute Gasteiger partial charge is 0.489 e. The zero-order valence-corrected chi connectivity index (χ0v) is 12.6. The SMILES string of the molecule is COCCCNCC(C)Oc1ccccc1C(C)C. The van der Waals surface area contributed by atoms with Gasteiger partial charge in [0.1, 0.15) is 11.9 Å². The Labute approximate surface area is 117 Å². The van der Waals surface area contributed by atoms with Crippen LogP contribution >= 0.6 is 0 Å². The standard InChI is InChI=1S/C16H27NO2/c1-13(2)15-8-5-6-9-16(15)19-14(3)12-17-10-7-11-18-4/h5-6,8-9,13-14,17H,7,10-12H2,1-4H3. The van der Waals surface area contributed by atoms with Crippen molar-refractivity contribution in [2.75, 3.05) is 26.8 Å². The van der Waals surface area contributed by atoms with Crippen LogP contribution in [-0.2, 0) is 4.74 Å². The van der Waals surface area contributed by atoms with E-state index in [1.807, 2.05) is 6.07 Å². The zero-order valence-electron chi connectivity index (χ0n) is 12.6.